The number of hydrogen-bond acceptors (Lipinski definition) is 6. The molecule has 1 spiro atoms. The molecule has 0 saturated heterocycles. The SMILES string of the molecule is Cc1c(C(=O)N[C@H]2Cc3ccc(cc3)OCCNC(=O)C3(CC3)NC(=O)[C@@H](Cc3ccccc3)NC(=O)[C@H](C)NC2=O)[nH]c2ccc(F)cc12. The number of benzene rings is 3. The van der Waals surface area contributed by atoms with Crippen LogP contribution >= 0.6 is 0 Å². The first kappa shape index (κ1) is 34.2. The second-order valence-corrected chi connectivity index (χ2v) is 12.8. The lowest BCUT2D eigenvalue weighted by atomic mass is 10.0. The third-order valence-corrected chi connectivity index (χ3v) is 9.10. The molecule has 2 aliphatic heterocycles. The summed E-state index contributed by atoms with van der Waals surface area (Å²) in [5.41, 5.74) is 1.66. The summed E-state index contributed by atoms with van der Waals surface area (Å²) in [5.74, 6) is -2.61. The molecule has 260 valence electrons. The molecule has 4 aromatic rings. The molecule has 1 saturated carbocycles. The number of aromatic amines is 1. The average molecular weight is 683 g/mol. The lowest BCUT2D eigenvalue weighted by Crippen LogP contribution is -2.59. The number of aromatic nitrogens is 1. The minimum atomic E-state index is -1.12. The molecule has 50 heavy (non-hydrogen) atoms. The number of ether oxygens (including phenoxy) is 1. The van der Waals surface area contributed by atoms with Gasteiger partial charge in [0.05, 0.1) is 6.54 Å². The van der Waals surface area contributed by atoms with E-state index in [4.69, 9.17) is 4.74 Å². The number of rotatable bonds is 4. The van der Waals surface area contributed by atoms with Crippen molar-refractivity contribution in [2.24, 2.45) is 0 Å². The molecule has 13 heteroatoms. The van der Waals surface area contributed by atoms with Crippen LogP contribution in [0.3, 0.4) is 0 Å². The lowest BCUT2D eigenvalue weighted by Gasteiger charge is -2.25. The second-order valence-electron chi connectivity index (χ2n) is 12.8. The highest BCUT2D eigenvalue weighted by molar-refractivity contribution is 6.03. The van der Waals surface area contributed by atoms with Gasteiger partial charge in [-0.15, -0.1) is 0 Å². The van der Waals surface area contributed by atoms with Gasteiger partial charge in [0.2, 0.25) is 23.6 Å². The first-order chi connectivity index (χ1) is 24.0. The van der Waals surface area contributed by atoms with Crippen molar-refractivity contribution in [1.82, 2.24) is 31.6 Å². The Morgan fingerprint density at radius 3 is 2.40 bits per heavy atom. The van der Waals surface area contributed by atoms with E-state index >= 15 is 0 Å². The minimum Gasteiger partial charge on any atom is -0.492 e. The van der Waals surface area contributed by atoms with Crippen molar-refractivity contribution in [2.45, 2.75) is 63.2 Å². The lowest BCUT2D eigenvalue weighted by molar-refractivity contribution is -0.134. The number of aryl methyl sites for hydroxylation is 1. The zero-order chi connectivity index (χ0) is 35.4. The minimum absolute atomic E-state index is 0.0667. The van der Waals surface area contributed by atoms with Crippen LogP contribution in [-0.2, 0) is 32.0 Å². The Bertz CT molecular complexity index is 1920. The molecule has 0 unspecified atom stereocenters. The van der Waals surface area contributed by atoms with Crippen LogP contribution < -0.4 is 31.3 Å². The second kappa shape index (κ2) is 14.4. The number of amides is 5. The third-order valence-electron chi connectivity index (χ3n) is 9.10. The van der Waals surface area contributed by atoms with Gasteiger partial charge < -0.3 is 36.3 Å². The molecule has 1 aromatic heterocycles. The van der Waals surface area contributed by atoms with E-state index in [9.17, 15) is 28.4 Å². The average Bonchev–Trinajstić information content (AvgIpc) is 3.82. The van der Waals surface area contributed by atoms with Crippen molar-refractivity contribution in [3.8, 4) is 5.75 Å². The number of H-pyrrole nitrogens is 1. The Balaban J connectivity index is 1.26. The summed E-state index contributed by atoms with van der Waals surface area (Å²) in [4.78, 5) is 70.6. The van der Waals surface area contributed by atoms with Crippen molar-refractivity contribution < 1.29 is 33.1 Å². The number of carbonyl (C=O) groups excluding carboxylic acids is 5. The van der Waals surface area contributed by atoms with E-state index in [1.165, 1.54) is 25.1 Å². The molecule has 3 aliphatic rings. The van der Waals surface area contributed by atoms with Gasteiger partial charge >= 0.3 is 0 Å². The highest BCUT2D eigenvalue weighted by Gasteiger charge is 2.51. The van der Waals surface area contributed by atoms with Gasteiger partial charge in [-0.3, -0.25) is 24.0 Å². The van der Waals surface area contributed by atoms with Crippen molar-refractivity contribution in [1.29, 1.82) is 0 Å². The van der Waals surface area contributed by atoms with Gasteiger partial charge in [0, 0.05) is 23.7 Å². The number of halogens is 1. The molecular weight excluding hydrogens is 643 g/mol. The van der Waals surface area contributed by atoms with E-state index < -0.39 is 53.1 Å². The highest BCUT2D eigenvalue weighted by atomic mass is 19.1. The standard InChI is InChI=1S/C37H39FN6O6/c1-21-27-20-25(38)10-13-28(27)41-31(21)35(48)43-29-19-24-8-11-26(12-9-24)50-17-16-39-36(49)37(14-15-37)44-34(47)30(18-23-6-4-3-5-7-23)42-32(45)22(2)40-33(29)46/h3-13,20,22,29-30,41H,14-19H2,1-2H3,(H,39,49)(H,40,46)(H,42,45)(H,43,48)(H,44,47)/t22-,29-,30+/m0/s1. The maximum atomic E-state index is 13.9. The molecule has 12 nitrogen and oxygen atoms in total. The van der Waals surface area contributed by atoms with E-state index in [1.807, 2.05) is 30.3 Å². The quantitative estimate of drug-likeness (QED) is 0.181. The molecule has 5 amide bonds. The number of fused-ring (bicyclic) bond motifs is 16. The molecule has 7 rings (SSSR count). The summed E-state index contributed by atoms with van der Waals surface area (Å²) in [5, 5.41) is 14.4. The molecule has 1 aliphatic carbocycles. The maximum Gasteiger partial charge on any atom is 0.268 e. The van der Waals surface area contributed by atoms with Crippen LogP contribution in [0.5, 0.6) is 5.75 Å². The van der Waals surface area contributed by atoms with E-state index in [1.54, 1.807) is 31.2 Å². The van der Waals surface area contributed by atoms with Gasteiger partial charge in [0.1, 0.15) is 47.5 Å². The molecule has 1 fully saturated rings. The van der Waals surface area contributed by atoms with Gasteiger partial charge in [0.25, 0.3) is 5.91 Å². The molecule has 2 bridgehead atoms. The smallest absolute Gasteiger partial charge is 0.268 e. The topological polar surface area (TPSA) is 171 Å². The van der Waals surface area contributed by atoms with Crippen molar-refractivity contribution in [2.75, 3.05) is 13.2 Å². The van der Waals surface area contributed by atoms with Crippen LogP contribution in [0.4, 0.5) is 4.39 Å². The summed E-state index contributed by atoms with van der Waals surface area (Å²) in [6, 6.07) is 17.0. The van der Waals surface area contributed by atoms with Gasteiger partial charge in [-0.2, -0.15) is 0 Å². The Labute approximate surface area is 287 Å². The zero-order valence-electron chi connectivity index (χ0n) is 27.7. The van der Waals surface area contributed by atoms with Gasteiger partial charge in [-0.1, -0.05) is 42.5 Å². The predicted octanol–water partition coefficient (Wildman–Crippen LogP) is 2.35. The first-order valence-electron chi connectivity index (χ1n) is 16.6. The van der Waals surface area contributed by atoms with Gasteiger partial charge in [-0.25, -0.2) is 4.39 Å². The summed E-state index contributed by atoms with van der Waals surface area (Å²) in [7, 11) is 0. The summed E-state index contributed by atoms with van der Waals surface area (Å²) in [6.45, 7) is 3.54. The maximum absolute atomic E-state index is 13.9. The highest BCUT2D eigenvalue weighted by Crippen LogP contribution is 2.35. The molecule has 0 radical (unpaired) electrons. The molecule has 3 aromatic carbocycles. The van der Waals surface area contributed by atoms with Crippen molar-refractivity contribution >= 4 is 40.4 Å². The van der Waals surface area contributed by atoms with Crippen LogP contribution in [0, 0.1) is 12.7 Å². The summed E-state index contributed by atoms with van der Waals surface area (Å²) >= 11 is 0. The predicted molar refractivity (Wildman–Crippen MR) is 183 cm³/mol. The molecular formula is C37H39FN6O6. The fourth-order valence-corrected chi connectivity index (χ4v) is 6.02. The fraction of sp³-hybridized carbons (Fsp3) is 0.324. The molecule has 3 heterocycles. The Kier molecular flexibility index (Phi) is 9.84. The Morgan fingerprint density at radius 1 is 0.940 bits per heavy atom. The van der Waals surface area contributed by atoms with Crippen LogP contribution in [0.15, 0.2) is 72.8 Å². The van der Waals surface area contributed by atoms with Gasteiger partial charge in [-0.05, 0) is 73.7 Å². The van der Waals surface area contributed by atoms with Crippen molar-refractivity contribution in [3.05, 3.63) is 101 Å². The van der Waals surface area contributed by atoms with Crippen molar-refractivity contribution in [3.63, 3.8) is 0 Å². The van der Waals surface area contributed by atoms with Gasteiger partial charge in [0.15, 0.2) is 0 Å². The van der Waals surface area contributed by atoms with Crippen LogP contribution in [0.2, 0.25) is 0 Å². The van der Waals surface area contributed by atoms with Crippen LogP contribution in [0.1, 0.15) is 46.9 Å². The molecule has 3 atom stereocenters. The summed E-state index contributed by atoms with van der Waals surface area (Å²) < 4.78 is 19.7. The number of nitrogens with one attached hydrogen (secondary N) is 6. The number of carbonyl (C=O) groups is 5. The Hall–Kier alpha value is -5.72. The van der Waals surface area contributed by atoms with Crippen LogP contribution in [0.25, 0.3) is 10.9 Å². The monoisotopic (exact) mass is 682 g/mol. The largest absolute Gasteiger partial charge is 0.492 e. The fourth-order valence-electron chi connectivity index (χ4n) is 6.02. The normalized spacial score (nSPS) is 21.4. The zero-order valence-corrected chi connectivity index (χ0v) is 27.7. The molecule has 6 N–H and O–H groups in total. The van der Waals surface area contributed by atoms with E-state index in [0.717, 1.165) is 5.56 Å². The first-order valence-corrected chi connectivity index (χ1v) is 16.6. The van der Waals surface area contributed by atoms with E-state index in [0.29, 0.717) is 40.6 Å². The van der Waals surface area contributed by atoms with E-state index in [-0.39, 0.29) is 37.6 Å². The summed E-state index contributed by atoms with van der Waals surface area (Å²) in [6.07, 6.45) is 1.12. The Morgan fingerprint density at radius 2 is 1.68 bits per heavy atom. The third kappa shape index (κ3) is 7.77. The van der Waals surface area contributed by atoms with E-state index in [2.05, 4.69) is 31.6 Å². The van der Waals surface area contributed by atoms with Crippen LogP contribution in [-0.4, -0.2) is 71.3 Å². The number of hydrogen-bond donors (Lipinski definition) is 6.